The van der Waals surface area contributed by atoms with E-state index in [1.807, 2.05) is 30.3 Å². The van der Waals surface area contributed by atoms with Crippen LogP contribution in [0, 0.1) is 5.82 Å². The zero-order valence-electron chi connectivity index (χ0n) is 11.2. The molecule has 6 heteroatoms. The fraction of sp³-hybridized carbons (Fsp3) is 0.200. The molecule has 0 saturated carbocycles. The molecule has 0 aliphatic carbocycles. The molecule has 2 rings (SSSR count). The van der Waals surface area contributed by atoms with Gasteiger partial charge in [-0.3, -0.25) is 0 Å². The van der Waals surface area contributed by atoms with Gasteiger partial charge in [-0.15, -0.1) is 11.6 Å². The molecule has 0 amide bonds. The number of benzene rings is 2. The van der Waals surface area contributed by atoms with Gasteiger partial charge in [0.05, 0.1) is 4.90 Å². The Labute approximate surface area is 128 Å². The van der Waals surface area contributed by atoms with Crippen LogP contribution in [-0.2, 0) is 16.4 Å². The molecule has 0 radical (unpaired) electrons. The molecule has 0 bridgehead atoms. The van der Waals surface area contributed by atoms with Gasteiger partial charge in [0.2, 0.25) is 10.0 Å². The summed E-state index contributed by atoms with van der Waals surface area (Å²) in [5.41, 5.74) is 0.991. The lowest BCUT2D eigenvalue weighted by atomic mass is 10.1. The number of nitrogens with one attached hydrogen (secondary N) is 1. The maximum absolute atomic E-state index is 12.9. The molecular weight excluding hydrogens is 313 g/mol. The molecule has 1 atom stereocenters. The van der Waals surface area contributed by atoms with Crippen LogP contribution in [0.2, 0.25) is 0 Å². The van der Waals surface area contributed by atoms with Crippen LogP contribution < -0.4 is 4.72 Å². The van der Waals surface area contributed by atoms with E-state index < -0.39 is 21.9 Å². The normalized spacial score (nSPS) is 13.0. The topological polar surface area (TPSA) is 46.2 Å². The Morgan fingerprint density at radius 3 is 2.24 bits per heavy atom. The van der Waals surface area contributed by atoms with Crippen molar-refractivity contribution in [1.29, 1.82) is 0 Å². The molecule has 0 unspecified atom stereocenters. The first-order valence-electron chi connectivity index (χ1n) is 6.39. The summed E-state index contributed by atoms with van der Waals surface area (Å²) in [4.78, 5) is 0.0204. The molecule has 2 aromatic rings. The van der Waals surface area contributed by atoms with Crippen LogP contribution >= 0.6 is 11.6 Å². The molecule has 21 heavy (non-hydrogen) atoms. The predicted molar refractivity (Wildman–Crippen MR) is 81.4 cm³/mol. The van der Waals surface area contributed by atoms with E-state index in [1.165, 1.54) is 12.1 Å². The number of hydrogen-bond acceptors (Lipinski definition) is 2. The molecule has 0 aliphatic rings. The van der Waals surface area contributed by atoms with Gasteiger partial charge in [-0.1, -0.05) is 30.3 Å². The zero-order chi connectivity index (χ0) is 15.3. The number of alkyl halides is 1. The third-order valence-electron chi connectivity index (χ3n) is 2.96. The minimum atomic E-state index is -3.71. The van der Waals surface area contributed by atoms with E-state index in [9.17, 15) is 12.8 Å². The van der Waals surface area contributed by atoms with Crippen molar-refractivity contribution in [2.75, 3.05) is 5.88 Å². The van der Waals surface area contributed by atoms with Crippen LogP contribution in [-0.4, -0.2) is 20.3 Å². The highest BCUT2D eigenvalue weighted by atomic mass is 35.5. The highest BCUT2D eigenvalue weighted by molar-refractivity contribution is 7.89. The van der Waals surface area contributed by atoms with E-state index >= 15 is 0 Å². The van der Waals surface area contributed by atoms with Crippen molar-refractivity contribution in [3.63, 3.8) is 0 Å². The fourth-order valence-electron chi connectivity index (χ4n) is 1.93. The highest BCUT2D eigenvalue weighted by Crippen LogP contribution is 2.12. The monoisotopic (exact) mass is 327 g/mol. The van der Waals surface area contributed by atoms with Gasteiger partial charge >= 0.3 is 0 Å². The van der Waals surface area contributed by atoms with Gasteiger partial charge in [-0.2, -0.15) is 0 Å². The first kappa shape index (κ1) is 15.9. The first-order chi connectivity index (χ1) is 10.0. The molecular formula is C15H15ClFNO2S. The van der Waals surface area contributed by atoms with Crippen molar-refractivity contribution in [3.05, 3.63) is 66.0 Å². The Kier molecular flexibility index (Phi) is 5.33. The molecule has 0 heterocycles. The van der Waals surface area contributed by atoms with E-state index in [-0.39, 0.29) is 10.8 Å². The van der Waals surface area contributed by atoms with E-state index in [0.717, 1.165) is 17.7 Å². The summed E-state index contributed by atoms with van der Waals surface area (Å²) in [5.74, 6) is -0.331. The van der Waals surface area contributed by atoms with E-state index in [2.05, 4.69) is 4.72 Å². The summed E-state index contributed by atoms with van der Waals surface area (Å²) in [6.45, 7) is 0. The maximum atomic E-state index is 12.9. The Balaban J connectivity index is 2.12. The van der Waals surface area contributed by atoms with Crippen molar-refractivity contribution in [2.24, 2.45) is 0 Å². The van der Waals surface area contributed by atoms with Gasteiger partial charge in [0.25, 0.3) is 0 Å². The van der Waals surface area contributed by atoms with Gasteiger partial charge in [0.1, 0.15) is 5.82 Å². The van der Waals surface area contributed by atoms with Crippen molar-refractivity contribution < 1.29 is 12.8 Å². The standard InChI is InChI=1S/C15H15ClFNO2S/c16-11-14(10-12-4-2-1-3-5-12)18-21(19,20)15-8-6-13(17)7-9-15/h1-9,14,18H,10-11H2/t14-/m0/s1. The van der Waals surface area contributed by atoms with Gasteiger partial charge in [-0.25, -0.2) is 17.5 Å². The van der Waals surface area contributed by atoms with Crippen LogP contribution in [0.25, 0.3) is 0 Å². The van der Waals surface area contributed by atoms with Gasteiger partial charge < -0.3 is 0 Å². The summed E-state index contributed by atoms with van der Waals surface area (Å²) in [5, 5.41) is 0. The summed E-state index contributed by atoms with van der Waals surface area (Å²) in [6.07, 6.45) is 0.491. The molecule has 112 valence electrons. The fourth-order valence-corrected chi connectivity index (χ4v) is 3.44. The Hall–Kier alpha value is -1.43. The first-order valence-corrected chi connectivity index (χ1v) is 8.41. The van der Waals surface area contributed by atoms with Gasteiger partial charge in [0, 0.05) is 11.9 Å². The summed E-state index contributed by atoms with van der Waals surface area (Å²) in [7, 11) is -3.71. The maximum Gasteiger partial charge on any atom is 0.240 e. The van der Waals surface area contributed by atoms with Crippen molar-refractivity contribution in [1.82, 2.24) is 4.72 Å². The molecule has 1 N–H and O–H groups in total. The quantitative estimate of drug-likeness (QED) is 0.829. The highest BCUT2D eigenvalue weighted by Gasteiger charge is 2.19. The van der Waals surface area contributed by atoms with Crippen molar-refractivity contribution in [2.45, 2.75) is 17.4 Å². The molecule has 2 aromatic carbocycles. The lowest BCUT2D eigenvalue weighted by Crippen LogP contribution is -2.37. The SMILES string of the molecule is O=S(=O)(N[C@H](CCl)Cc1ccccc1)c1ccc(F)cc1. The van der Waals surface area contributed by atoms with Crippen molar-refractivity contribution in [3.8, 4) is 0 Å². The average Bonchev–Trinajstić information content (AvgIpc) is 2.48. The van der Waals surface area contributed by atoms with Gasteiger partial charge in [-0.05, 0) is 36.2 Å². The minimum Gasteiger partial charge on any atom is -0.207 e. The lowest BCUT2D eigenvalue weighted by molar-refractivity contribution is 0.560. The van der Waals surface area contributed by atoms with E-state index in [4.69, 9.17) is 11.6 Å². The second kappa shape index (κ2) is 7.02. The molecule has 0 aromatic heterocycles. The largest absolute Gasteiger partial charge is 0.240 e. The number of hydrogen-bond donors (Lipinski definition) is 1. The Morgan fingerprint density at radius 2 is 1.67 bits per heavy atom. The molecule has 0 aliphatic heterocycles. The Bertz CT molecular complexity index is 675. The molecule has 0 saturated heterocycles. The van der Waals surface area contributed by atoms with Gasteiger partial charge in [0.15, 0.2) is 0 Å². The van der Waals surface area contributed by atoms with Crippen LogP contribution in [0.15, 0.2) is 59.5 Å². The summed E-state index contributed by atoms with van der Waals surface area (Å²) >= 11 is 5.85. The summed E-state index contributed by atoms with van der Waals surface area (Å²) < 4.78 is 39.8. The lowest BCUT2D eigenvalue weighted by Gasteiger charge is -2.16. The third-order valence-corrected chi connectivity index (χ3v) is 4.87. The molecule has 3 nitrogen and oxygen atoms in total. The van der Waals surface area contributed by atoms with Crippen LogP contribution in [0.1, 0.15) is 5.56 Å². The predicted octanol–water partition coefficient (Wildman–Crippen LogP) is 2.95. The smallest absolute Gasteiger partial charge is 0.207 e. The molecule has 0 fully saturated rings. The molecule has 0 spiro atoms. The number of rotatable bonds is 6. The minimum absolute atomic E-state index is 0.0204. The summed E-state index contributed by atoms with van der Waals surface area (Å²) in [6, 6.07) is 13.7. The number of sulfonamides is 1. The van der Waals surface area contributed by atoms with Crippen LogP contribution in [0.3, 0.4) is 0 Å². The van der Waals surface area contributed by atoms with Crippen LogP contribution in [0.4, 0.5) is 4.39 Å². The van der Waals surface area contributed by atoms with E-state index in [1.54, 1.807) is 0 Å². The second-order valence-electron chi connectivity index (χ2n) is 4.62. The number of halogens is 2. The van der Waals surface area contributed by atoms with E-state index in [0.29, 0.717) is 6.42 Å². The van der Waals surface area contributed by atoms with Crippen LogP contribution in [0.5, 0.6) is 0 Å². The second-order valence-corrected chi connectivity index (χ2v) is 6.64. The third kappa shape index (κ3) is 4.52. The average molecular weight is 328 g/mol. The Morgan fingerprint density at radius 1 is 1.05 bits per heavy atom. The van der Waals surface area contributed by atoms with Crippen molar-refractivity contribution >= 4 is 21.6 Å². The zero-order valence-corrected chi connectivity index (χ0v) is 12.7.